The van der Waals surface area contributed by atoms with Crippen molar-refractivity contribution in [2.24, 2.45) is 0 Å². The summed E-state index contributed by atoms with van der Waals surface area (Å²) in [5.74, 6) is 0.929. The van der Waals surface area contributed by atoms with Crippen molar-refractivity contribution in [2.75, 3.05) is 0 Å². The van der Waals surface area contributed by atoms with E-state index in [2.05, 4.69) is 191 Å². The van der Waals surface area contributed by atoms with Gasteiger partial charge in [-0.1, -0.05) is 146 Å². The predicted octanol–water partition coefficient (Wildman–Crippen LogP) is 12.8. The Hall–Kier alpha value is -7.30. The van der Waals surface area contributed by atoms with Crippen molar-refractivity contribution in [3.8, 4) is 45.1 Å². The zero-order valence-corrected chi connectivity index (χ0v) is 29.3. The molecule has 0 N–H and O–H groups in total. The predicted molar refractivity (Wildman–Crippen MR) is 225 cm³/mol. The molecule has 0 fully saturated rings. The monoisotopic (exact) mass is 688 g/mol. The summed E-state index contributed by atoms with van der Waals surface area (Å²) in [6, 6.07) is 68.9. The van der Waals surface area contributed by atoms with E-state index in [4.69, 9.17) is 9.97 Å². The molecule has 11 aromatic rings. The van der Waals surface area contributed by atoms with Gasteiger partial charge in [0.25, 0.3) is 0 Å². The minimum absolute atomic E-state index is 0.929. The van der Waals surface area contributed by atoms with Crippen molar-refractivity contribution >= 4 is 54.5 Å². The first-order chi connectivity index (χ1) is 26.8. The van der Waals surface area contributed by atoms with Crippen molar-refractivity contribution in [1.82, 2.24) is 19.1 Å². The number of hydrogen-bond donors (Lipinski definition) is 0. The van der Waals surface area contributed by atoms with E-state index < -0.39 is 0 Å². The van der Waals surface area contributed by atoms with Crippen LogP contribution in [0.15, 0.2) is 194 Å². The van der Waals surface area contributed by atoms with Crippen molar-refractivity contribution < 1.29 is 0 Å². The van der Waals surface area contributed by atoms with Crippen LogP contribution in [-0.2, 0) is 0 Å². The van der Waals surface area contributed by atoms with Crippen molar-refractivity contribution in [3.63, 3.8) is 0 Å². The molecule has 54 heavy (non-hydrogen) atoms. The number of rotatable bonds is 5. The second kappa shape index (κ2) is 12.1. The summed E-state index contributed by atoms with van der Waals surface area (Å²) in [5.41, 5.74) is 13.1. The van der Waals surface area contributed by atoms with Crippen molar-refractivity contribution in [3.05, 3.63) is 194 Å². The second-order valence-electron chi connectivity index (χ2n) is 13.8. The van der Waals surface area contributed by atoms with Gasteiger partial charge in [0.05, 0.1) is 33.3 Å². The Labute approximate surface area is 311 Å². The minimum Gasteiger partial charge on any atom is -0.309 e. The highest BCUT2D eigenvalue weighted by atomic mass is 15.1. The van der Waals surface area contributed by atoms with Crippen LogP contribution >= 0.6 is 0 Å². The number of hydrogen-bond acceptors (Lipinski definition) is 2. The van der Waals surface area contributed by atoms with Crippen LogP contribution < -0.4 is 0 Å². The summed E-state index contributed by atoms with van der Waals surface area (Å²) >= 11 is 0. The van der Waals surface area contributed by atoms with Crippen LogP contribution in [0.3, 0.4) is 0 Å². The molecule has 252 valence electrons. The first-order valence-corrected chi connectivity index (χ1v) is 18.3. The molecule has 0 amide bonds. The summed E-state index contributed by atoms with van der Waals surface area (Å²) < 4.78 is 4.66. The number of imidazole rings is 1. The van der Waals surface area contributed by atoms with Gasteiger partial charge in [0.2, 0.25) is 0 Å². The Morgan fingerprint density at radius 1 is 0.315 bits per heavy atom. The van der Waals surface area contributed by atoms with Crippen LogP contribution in [0, 0.1) is 0 Å². The fourth-order valence-corrected chi connectivity index (χ4v) is 8.24. The lowest BCUT2D eigenvalue weighted by molar-refractivity contribution is 1.10. The molecular formula is C50H32N4. The van der Waals surface area contributed by atoms with Gasteiger partial charge >= 0.3 is 0 Å². The topological polar surface area (TPSA) is 35.6 Å². The molecule has 0 atom stereocenters. The fraction of sp³-hybridized carbons (Fsp3) is 0. The molecule has 4 heteroatoms. The maximum absolute atomic E-state index is 5.40. The van der Waals surface area contributed by atoms with E-state index in [0.29, 0.717) is 0 Å². The quantitative estimate of drug-likeness (QED) is 0.169. The van der Waals surface area contributed by atoms with Crippen molar-refractivity contribution in [2.45, 2.75) is 0 Å². The summed E-state index contributed by atoms with van der Waals surface area (Å²) in [5, 5.41) is 5.96. The third-order valence-corrected chi connectivity index (χ3v) is 10.7. The molecule has 3 heterocycles. The lowest BCUT2D eigenvalue weighted by atomic mass is 9.96. The van der Waals surface area contributed by atoms with Gasteiger partial charge in [0, 0.05) is 44.0 Å². The Balaban J connectivity index is 1.06. The highest BCUT2D eigenvalue weighted by Crippen LogP contribution is 2.42. The number of nitrogens with zero attached hydrogens (tertiary/aromatic N) is 4. The van der Waals surface area contributed by atoms with Gasteiger partial charge in [-0.05, 0) is 65.0 Å². The smallest absolute Gasteiger partial charge is 0.145 e. The number of pyridine rings is 1. The summed E-state index contributed by atoms with van der Waals surface area (Å²) in [6.07, 6.45) is 0. The molecule has 0 bridgehead atoms. The van der Waals surface area contributed by atoms with Crippen LogP contribution in [0.5, 0.6) is 0 Å². The lowest BCUT2D eigenvalue weighted by Gasteiger charge is -2.15. The average molecular weight is 689 g/mol. The Bertz CT molecular complexity index is 3170. The summed E-state index contributed by atoms with van der Waals surface area (Å²) in [4.78, 5) is 10.5. The van der Waals surface area contributed by atoms with Gasteiger partial charge in [-0.15, -0.1) is 0 Å². The number of para-hydroxylation sites is 6. The second-order valence-corrected chi connectivity index (χ2v) is 13.8. The van der Waals surface area contributed by atoms with Gasteiger partial charge in [-0.3, -0.25) is 4.57 Å². The molecule has 0 unspecified atom stereocenters. The maximum Gasteiger partial charge on any atom is 0.145 e. The molecule has 0 aliphatic rings. The molecule has 0 saturated carbocycles. The fourth-order valence-electron chi connectivity index (χ4n) is 8.24. The normalized spacial score (nSPS) is 11.7. The molecule has 0 saturated heterocycles. The van der Waals surface area contributed by atoms with E-state index in [1.54, 1.807) is 0 Å². The molecule has 0 aliphatic heterocycles. The van der Waals surface area contributed by atoms with Crippen LogP contribution in [0.25, 0.3) is 99.7 Å². The van der Waals surface area contributed by atoms with E-state index in [0.717, 1.165) is 72.5 Å². The summed E-state index contributed by atoms with van der Waals surface area (Å²) in [6.45, 7) is 0. The van der Waals surface area contributed by atoms with Crippen LogP contribution in [0.1, 0.15) is 0 Å². The standard InChI is InChI=1S/C50H32N4/c1-3-13-37(14-4-1)53-45-21-11-8-18-40(45)42-32-31-41-39-17-7-9-19-43(39)51-48(47(41)49(42)53)35-27-23-33(24-28-35)34-25-29-36(30-26-34)50-52-44-20-10-12-22-46(44)54(50)38-15-5-2-6-16-38/h1-32H. The zero-order valence-electron chi connectivity index (χ0n) is 29.3. The molecule has 8 aromatic carbocycles. The van der Waals surface area contributed by atoms with E-state index in [1.165, 1.54) is 27.2 Å². The molecule has 0 spiro atoms. The molecule has 0 radical (unpaired) electrons. The van der Waals surface area contributed by atoms with E-state index >= 15 is 0 Å². The minimum atomic E-state index is 0.929. The lowest BCUT2D eigenvalue weighted by Crippen LogP contribution is -1.97. The first kappa shape index (κ1) is 30.3. The maximum atomic E-state index is 5.40. The zero-order chi connectivity index (χ0) is 35.6. The Morgan fingerprint density at radius 3 is 1.54 bits per heavy atom. The average Bonchev–Trinajstić information content (AvgIpc) is 3.81. The van der Waals surface area contributed by atoms with Gasteiger partial charge in [0.15, 0.2) is 0 Å². The molecule has 3 aromatic heterocycles. The van der Waals surface area contributed by atoms with Crippen molar-refractivity contribution in [1.29, 1.82) is 0 Å². The Kier molecular flexibility index (Phi) is 6.82. The van der Waals surface area contributed by atoms with Crippen LogP contribution in [-0.4, -0.2) is 19.1 Å². The van der Waals surface area contributed by atoms with Gasteiger partial charge in [-0.2, -0.15) is 0 Å². The molecule has 11 rings (SSSR count). The van der Waals surface area contributed by atoms with E-state index in [-0.39, 0.29) is 0 Å². The van der Waals surface area contributed by atoms with E-state index in [9.17, 15) is 0 Å². The van der Waals surface area contributed by atoms with E-state index in [1.807, 2.05) is 12.1 Å². The molecular weight excluding hydrogens is 657 g/mol. The van der Waals surface area contributed by atoms with Crippen LogP contribution in [0.4, 0.5) is 0 Å². The molecule has 0 aliphatic carbocycles. The highest BCUT2D eigenvalue weighted by molar-refractivity contribution is 6.25. The Morgan fingerprint density at radius 2 is 0.833 bits per heavy atom. The SMILES string of the molecule is c1ccc(-n2c(-c3ccc(-c4ccc(-c5nc6ccccc6c6ccc7c8ccccc8n(-c8ccccc8)c7c56)cc4)cc3)nc3ccccc32)cc1. The number of benzene rings is 8. The van der Waals surface area contributed by atoms with Gasteiger partial charge in [-0.25, -0.2) is 9.97 Å². The number of aromatic nitrogens is 4. The van der Waals surface area contributed by atoms with Crippen LogP contribution in [0.2, 0.25) is 0 Å². The third-order valence-electron chi connectivity index (χ3n) is 10.7. The molecule has 4 nitrogen and oxygen atoms in total. The highest BCUT2D eigenvalue weighted by Gasteiger charge is 2.20. The van der Waals surface area contributed by atoms with Gasteiger partial charge in [0.1, 0.15) is 5.82 Å². The number of fused-ring (bicyclic) bond motifs is 8. The third kappa shape index (κ3) is 4.70. The first-order valence-electron chi connectivity index (χ1n) is 18.3. The van der Waals surface area contributed by atoms with Gasteiger partial charge < -0.3 is 4.57 Å². The largest absolute Gasteiger partial charge is 0.309 e. The summed E-state index contributed by atoms with van der Waals surface area (Å²) in [7, 11) is 0.